The van der Waals surface area contributed by atoms with E-state index in [9.17, 15) is 14.7 Å². The summed E-state index contributed by atoms with van der Waals surface area (Å²) in [5.41, 5.74) is 0.509. The van der Waals surface area contributed by atoms with Crippen LogP contribution in [-0.2, 0) is 20.7 Å². The number of aliphatic hydroxyl groups excluding tert-OH is 1. The standard InChI is InChI=1S/C25H30N2O6S/c1-3-32-22(29)19-15-26-24(27-19)34-21-20(28)14-25(33-23(21)30,17-6-4-5-7-17)13-12-16-8-10-18(31-2)11-9-16/h8-11,15,17,28H,3-7,12-14H2,1-2H3,(H,26,27). The number of ether oxygens (including phenoxy) is 3. The number of carbonyl (C=O) groups excluding carboxylic acids is 2. The fourth-order valence-corrected chi connectivity index (χ4v) is 5.55. The molecule has 1 aromatic carbocycles. The number of aromatic nitrogens is 2. The smallest absolute Gasteiger partial charge is 0.358 e. The summed E-state index contributed by atoms with van der Waals surface area (Å²) in [6, 6.07) is 7.87. The number of aromatic amines is 1. The zero-order valence-corrected chi connectivity index (χ0v) is 20.3. The number of methoxy groups -OCH3 is 1. The molecule has 2 aromatic rings. The van der Waals surface area contributed by atoms with Crippen LogP contribution in [0.5, 0.6) is 5.75 Å². The Bertz CT molecular complexity index is 1060. The van der Waals surface area contributed by atoms with Gasteiger partial charge in [0.1, 0.15) is 22.0 Å². The molecule has 2 N–H and O–H groups in total. The lowest BCUT2D eigenvalue weighted by Gasteiger charge is -2.41. The summed E-state index contributed by atoms with van der Waals surface area (Å²) in [6.07, 6.45) is 7.20. The lowest BCUT2D eigenvalue weighted by Crippen LogP contribution is -2.45. The predicted molar refractivity (Wildman–Crippen MR) is 127 cm³/mol. The number of carbonyl (C=O) groups is 2. The van der Waals surface area contributed by atoms with E-state index in [1.807, 2.05) is 24.3 Å². The molecule has 2 aliphatic rings. The van der Waals surface area contributed by atoms with Crippen LogP contribution >= 0.6 is 11.8 Å². The average molecular weight is 487 g/mol. The summed E-state index contributed by atoms with van der Waals surface area (Å²) in [7, 11) is 1.64. The summed E-state index contributed by atoms with van der Waals surface area (Å²) in [6.45, 7) is 1.96. The van der Waals surface area contributed by atoms with Crippen LogP contribution < -0.4 is 4.74 Å². The van der Waals surface area contributed by atoms with Gasteiger partial charge in [0.05, 0.1) is 13.7 Å². The quantitative estimate of drug-likeness (QED) is 0.478. The van der Waals surface area contributed by atoms with Gasteiger partial charge in [0.25, 0.3) is 0 Å². The number of thioether (sulfide) groups is 1. The summed E-state index contributed by atoms with van der Waals surface area (Å²) in [4.78, 5) is 32.1. The lowest BCUT2D eigenvalue weighted by atomic mass is 9.77. The van der Waals surface area contributed by atoms with Crippen LogP contribution in [0.15, 0.2) is 46.3 Å². The van der Waals surface area contributed by atoms with Gasteiger partial charge in [-0.2, -0.15) is 0 Å². The van der Waals surface area contributed by atoms with Crippen molar-refractivity contribution in [1.82, 2.24) is 9.97 Å². The predicted octanol–water partition coefficient (Wildman–Crippen LogP) is 4.97. The van der Waals surface area contributed by atoms with E-state index in [1.54, 1.807) is 14.0 Å². The van der Waals surface area contributed by atoms with Crippen LogP contribution in [0.3, 0.4) is 0 Å². The molecule has 8 nitrogen and oxygen atoms in total. The number of benzene rings is 1. The maximum Gasteiger partial charge on any atom is 0.358 e. The Balaban J connectivity index is 1.52. The molecule has 4 rings (SSSR count). The minimum absolute atomic E-state index is 0.0111. The number of aliphatic hydroxyl groups is 1. The molecule has 0 radical (unpaired) electrons. The number of nitrogens with zero attached hydrogens (tertiary/aromatic N) is 1. The molecule has 0 spiro atoms. The molecule has 1 aromatic heterocycles. The van der Waals surface area contributed by atoms with Gasteiger partial charge in [0, 0.05) is 12.6 Å². The number of imidazole rings is 1. The van der Waals surface area contributed by atoms with E-state index in [2.05, 4.69) is 9.97 Å². The van der Waals surface area contributed by atoms with E-state index in [-0.39, 0.29) is 35.3 Å². The van der Waals surface area contributed by atoms with Crippen molar-refractivity contribution in [1.29, 1.82) is 0 Å². The normalized spacial score (nSPS) is 20.9. The highest BCUT2D eigenvalue weighted by molar-refractivity contribution is 8.03. The molecular weight excluding hydrogens is 456 g/mol. The van der Waals surface area contributed by atoms with Crippen molar-refractivity contribution in [3.8, 4) is 5.75 Å². The summed E-state index contributed by atoms with van der Waals surface area (Å²) in [5.74, 6) is -0.0812. The first kappa shape index (κ1) is 24.2. The molecule has 1 saturated carbocycles. The van der Waals surface area contributed by atoms with E-state index in [0.29, 0.717) is 11.6 Å². The second-order valence-electron chi connectivity index (χ2n) is 8.65. The Hall–Kier alpha value is -2.94. The number of hydrogen-bond donors (Lipinski definition) is 2. The molecule has 0 bridgehead atoms. The van der Waals surface area contributed by atoms with E-state index in [0.717, 1.165) is 55.2 Å². The maximum atomic E-state index is 13.1. The van der Waals surface area contributed by atoms with Crippen LogP contribution in [0.2, 0.25) is 0 Å². The van der Waals surface area contributed by atoms with E-state index in [4.69, 9.17) is 14.2 Å². The molecule has 1 unspecified atom stereocenters. The largest absolute Gasteiger partial charge is 0.511 e. The highest BCUT2D eigenvalue weighted by Crippen LogP contribution is 2.47. The molecule has 1 atom stereocenters. The molecule has 1 aliphatic carbocycles. The van der Waals surface area contributed by atoms with Gasteiger partial charge in [-0.3, -0.25) is 0 Å². The third kappa shape index (κ3) is 5.24. The summed E-state index contributed by atoms with van der Waals surface area (Å²) in [5, 5.41) is 11.3. The third-order valence-electron chi connectivity index (χ3n) is 6.54. The van der Waals surface area contributed by atoms with Gasteiger partial charge in [-0.25, -0.2) is 14.6 Å². The lowest BCUT2D eigenvalue weighted by molar-refractivity contribution is -0.166. The van der Waals surface area contributed by atoms with Gasteiger partial charge in [0.15, 0.2) is 10.9 Å². The summed E-state index contributed by atoms with van der Waals surface area (Å²) < 4.78 is 16.3. The zero-order chi connectivity index (χ0) is 24.1. The van der Waals surface area contributed by atoms with Crippen LogP contribution in [-0.4, -0.2) is 46.3 Å². The minimum atomic E-state index is -0.735. The van der Waals surface area contributed by atoms with Crippen LogP contribution in [0, 0.1) is 5.92 Å². The van der Waals surface area contributed by atoms with E-state index in [1.165, 1.54) is 6.20 Å². The van der Waals surface area contributed by atoms with Crippen molar-refractivity contribution in [2.75, 3.05) is 13.7 Å². The van der Waals surface area contributed by atoms with Gasteiger partial charge in [0.2, 0.25) is 0 Å². The van der Waals surface area contributed by atoms with Crippen molar-refractivity contribution >= 4 is 23.7 Å². The van der Waals surface area contributed by atoms with Gasteiger partial charge >= 0.3 is 11.9 Å². The van der Waals surface area contributed by atoms with Crippen LogP contribution in [0.1, 0.15) is 61.5 Å². The van der Waals surface area contributed by atoms with E-state index >= 15 is 0 Å². The first-order valence-corrected chi connectivity index (χ1v) is 12.4. The number of aryl methyl sites for hydroxylation is 1. The van der Waals surface area contributed by atoms with Crippen molar-refractivity contribution in [3.63, 3.8) is 0 Å². The van der Waals surface area contributed by atoms with Crippen molar-refractivity contribution < 1.29 is 28.9 Å². The highest BCUT2D eigenvalue weighted by atomic mass is 32.2. The zero-order valence-electron chi connectivity index (χ0n) is 19.5. The van der Waals surface area contributed by atoms with Crippen molar-refractivity contribution in [2.24, 2.45) is 5.92 Å². The fourth-order valence-electron chi connectivity index (χ4n) is 4.78. The minimum Gasteiger partial charge on any atom is -0.511 e. The number of nitrogens with one attached hydrogen (secondary N) is 1. The Kier molecular flexibility index (Phi) is 7.50. The number of cyclic esters (lactones) is 1. The maximum absolute atomic E-state index is 13.1. The van der Waals surface area contributed by atoms with Gasteiger partial charge in [-0.05, 0) is 68.0 Å². The Morgan fingerprint density at radius 2 is 2.03 bits per heavy atom. The summed E-state index contributed by atoms with van der Waals surface area (Å²) >= 11 is 0.966. The topological polar surface area (TPSA) is 111 Å². The SMILES string of the molecule is CCOC(=O)c1c[nH]c(SC2=C(O)CC(CCc3ccc(OC)cc3)(C3CCCC3)OC2=O)n1. The third-order valence-corrected chi connectivity index (χ3v) is 7.55. The van der Waals surface area contributed by atoms with Gasteiger partial charge < -0.3 is 24.3 Å². The number of hydrogen-bond acceptors (Lipinski definition) is 8. The van der Waals surface area contributed by atoms with Crippen molar-refractivity contribution in [2.45, 2.75) is 62.6 Å². The first-order chi connectivity index (χ1) is 16.4. The van der Waals surface area contributed by atoms with Crippen molar-refractivity contribution in [3.05, 3.63) is 52.4 Å². The molecule has 1 aliphatic heterocycles. The highest BCUT2D eigenvalue weighted by Gasteiger charge is 2.48. The molecular formula is C25H30N2O6S. The molecule has 34 heavy (non-hydrogen) atoms. The molecule has 0 saturated heterocycles. The molecule has 1 fully saturated rings. The molecule has 9 heteroatoms. The number of H-pyrrole nitrogens is 1. The van der Waals surface area contributed by atoms with Gasteiger partial charge in [-0.1, -0.05) is 25.0 Å². The van der Waals surface area contributed by atoms with Gasteiger partial charge in [-0.15, -0.1) is 0 Å². The first-order valence-electron chi connectivity index (χ1n) is 11.6. The molecule has 182 valence electrons. The Morgan fingerprint density at radius 3 is 2.68 bits per heavy atom. The second kappa shape index (κ2) is 10.5. The van der Waals surface area contributed by atoms with Crippen LogP contribution in [0.4, 0.5) is 0 Å². The average Bonchev–Trinajstić information content (AvgIpc) is 3.54. The Labute approximate surface area is 203 Å². The number of rotatable bonds is 9. The second-order valence-corrected chi connectivity index (χ2v) is 9.65. The molecule has 0 amide bonds. The number of esters is 2. The monoisotopic (exact) mass is 486 g/mol. The Morgan fingerprint density at radius 1 is 1.29 bits per heavy atom. The van der Waals surface area contributed by atoms with Crippen LogP contribution in [0.25, 0.3) is 0 Å². The fraction of sp³-hybridized carbons (Fsp3) is 0.480. The molecule has 2 heterocycles. The van der Waals surface area contributed by atoms with E-state index < -0.39 is 17.5 Å².